The molecule has 3 N–H and O–H groups in total. The van der Waals surface area contributed by atoms with Crippen LogP contribution in [-0.2, 0) is 34.5 Å². The quantitative estimate of drug-likeness (QED) is 0.286. The zero-order valence-corrected chi connectivity index (χ0v) is 22.7. The molecule has 1 saturated carbocycles. The number of imide groups is 1. The number of hydrogen-bond acceptors (Lipinski definition) is 8. The molecule has 2 amide bonds. The topological polar surface area (TPSA) is 143 Å². The summed E-state index contributed by atoms with van der Waals surface area (Å²) >= 11 is 5.27. The molecule has 0 spiro atoms. The van der Waals surface area contributed by atoms with E-state index in [9.17, 15) is 28.2 Å². The zero-order valence-electron chi connectivity index (χ0n) is 21.1. The minimum atomic E-state index is -3.15. The van der Waals surface area contributed by atoms with Gasteiger partial charge in [0.1, 0.15) is 17.1 Å². The van der Waals surface area contributed by atoms with Crippen molar-refractivity contribution in [1.82, 2.24) is 5.32 Å². The Hall–Kier alpha value is -1.82. The Labute approximate surface area is 216 Å². The summed E-state index contributed by atoms with van der Waals surface area (Å²) in [7, 11) is -1.76. The highest BCUT2D eigenvalue weighted by atomic mass is 35.5. The molecule has 1 aliphatic carbocycles. The second-order valence-corrected chi connectivity index (χ2v) is 12.3. The third-order valence-electron chi connectivity index (χ3n) is 7.09. The number of sulfone groups is 1. The third kappa shape index (κ3) is 5.39. The second-order valence-electron chi connectivity index (χ2n) is 10.2. The summed E-state index contributed by atoms with van der Waals surface area (Å²) in [6, 6.07) is 5.12. The van der Waals surface area contributed by atoms with Crippen LogP contribution in [0.1, 0.15) is 58.9 Å². The molecule has 5 unspecified atom stereocenters. The number of nitrogens with one attached hydrogen (secondary N) is 1. The maximum atomic E-state index is 11.8. The lowest BCUT2D eigenvalue weighted by Gasteiger charge is -2.43. The van der Waals surface area contributed by atoms with Crippen molar-refractivity contribution in [3.05, 3.63) is 35.4 Å². The molecule has 3 aliphatic rings. The fourth-order valence-corrected chi connectivity index (χ4v) is 6.52. The van der Waals surface area contributed by atoms with Gasteiger partial charge in [0.25, 0.3) is 5.91 Å². The Morgan fingerprint density at radius 2 is 1.83 bits per heavy atom. The summed E-state index contributed by atoms with van der Waals surface area (Å²) in [5, 5.41) is 22.3. The normalized spacial score (nSPS) is 33.3. The first-order valence-corrected chi connectivity index (χ1v) is 13.7. The van der Waals surface area contributed by atoms with Gasteiger partial charge in [-0.3, -0.25) is 14.9 Å². The Bertz CT molecular complexity index is 1150. The van der Waals surface area contributed by atoms with Gasteiger partial charge in [-0.2, -0.15) is 0 Å². The smallest absolute Gasteiger partial charge is 0.258 e. The SMILES string of the molecule is CC(C)=CCC1OC1(C)c1c2cccc1S2(=O)=O.COC1CC(O)(C(=O)NC(=O)CCl)CCC1(C)O. The van der Waals surface area contributed by atoms with Gasteiger partial charge in [0.2, 0.25) is 15.7 Å². The van der Waals surface area contributed by atoms with Gasteiger partial charge >= 0.3 is 0 Å². The van der Waals surface area contributed by atoms with E-state index < -0.39 is 44.6 Å². The Morgan fingerprint density at radius 3 is 2.33 bits per heavy atom. The van der Waals surface area contributed by atoms with Crippen LogP contribution in [0.15, 0.2) is 39.6 Å². The highest BCUT2D eigenvalue weighted by Crippen LogP contribution is 2.56. The Kier molecular flexibility index (Phi) is 8.11. The highest BCUT2D eigenvalue weighted by molar-refractivity contribution is 7.92. The van der Waals surface area contributed by atoms with E-state index in [1.807, 2.05) is 12.2 Å². The lowest BCUT2D eigenvalue weighted by atomic mass is 9.74. The number of benzene rings is 1. The van der Waals surface area contributed by atoms with Crippen molar-refractivity contribution in [2.75, 3.05) is 13.0 Å². The van der Waals surface area contributed by atoms with E-state index in [1.54, 1.807) is 25.1 Å². The number of rotatable bonds is 6. The number of fused-ring (bicyclic) bond motifs is 2. The van der Waals surface area contributed by atoms with E-state index in [1.165, 1.54) is 12.7 Å². The molecule has 2 bridgehead atoms. The van der Waals surface area contributed by atoms with E-state index in [-0.39, 0.29) is 31.2 Å². The van der Waals surface area contributed by atoms with E-state index in [0.717, 1.165) is 12.0 Å². The van der Waals surface area contributed by atoms with Crippen LogP contribution in [0.2, 0.25) is 0 Å². The zero-order chi connectivity index (χ0) is 27.1. The number of allylic oxidation sites excluding steroid dienone is 1. The maximum absolute atomic E-state index is 11.8. The average Bonchev–Trinajstić information content (AvgIpc) is 3.49. The first kappa shape index (κ1) is 28.7. The summed E-state index contributed by atoms with van der Waals surface area (Å²) < 4.78 is 34.5. The van der Waals surface area contributed by atoms with Crippen LogP contribution >= 0.6 is 11.6 Å². The van der Waals surface area contributed by atoms with Gasteiger partial charge in [0.15, 0.2) is 0 Å². The van der Waals surface area contributed by atoms with Crippen LogP contribution in [0.25, 0.3) is 0 Å². The molecular formula is C25H34ClNO8S. The molecule has 1 aromatic carbocycles. The molecule has 4 rings (SSSR count). The number of aliphatic hydroxyl groups is 2. The van der Waals surface area contributed by atoms with Gasteiger partial charge in [-0.1, -0.05) is 17.7 Å². The molecule has 1 saturated heterocycles. The van der Waals surface area contributed by atoms with Crippen molar-refractivity contribution in [2.45, 2.75) is 92.2 Å². The van der Waals surface area contributed by atoms with Crippen LogP contribution in [0, 0.1) is 0 Å². The lowest BCUT2D eigenvalue weighted by Crippen LogP contribution is -2.58. The van der Waals surface area contributed by atoms with Crippen molar-refractivity contribution in [3.63, 3.8) is 0 Å². The minimum Gasteiger partial charge on any atom is -0.387 e. The number of epoxide rings is 1. The third-order valence-corrected chi connectivity index (χ3v) is 9.17. The molecule has 11 heteroatoms. The van der Waals surface area contributed by atoms with Crippen LogP contribution in [-0.4, -0.2) is 66.8 Å². The standard InChI is InChI=1S/C14H16O3S.C11H18ClNO5/c1-9(2)7-8-12-14(3,17-12)13-10-5-4-6-11(13)18(10,15)16;1-10(16)3-4-11(17,5-7(10)18-2)9(15)13-8(14)6-12/h4-7,12H,8H2,1-3H3;7,16-17H,3-6H2,1-2H3,(H,13,14,15). The fraction of sp³-hybridized carbons (Fsp3) is 0.600. The number of ether oxygens (including phenoxy) is 2. The van der Waals surface area contributed by atoms with Gasteiger partial charge in [0.05, 0.1) is 27.6 Å². The van der Waals surface area contributed by atoms with Crippen molar-refractivity contribution in [1.29, 1.82) is 0 Å². The highest BCUT2D eigenvalue weighted by Gasteiger charge is 2.60. The number of carbonyl (C=O) groups excluding carboxylic acids is 2. The molecule has 0 aromatic heterocycles. The van der Waals surface area contributed by atoms with Crippen molar-refractivity contribution in [3.8, 4) is 0 Å². The van der Waals surface area contributed by atoms with E-state index in [4.69, 9.17) is 21.1 Å². The summed E-state index contributed by atoms with van der Waals surface area (Å²) in [4.78, 5) is 23.7. The van der Waals surface area contributed by atoms with Crippen LogP contribution in [0.3, 0.4) is 0 Å². The number of alkyl halides is 1. The minimum absolute atomic E-state index is 0.0568. The van der Waals surface area contributed by atoms with Crippen LogP contribution in [0.4, 0.5) is 0 Å². The summed E-state index contributed by atoms with van der Waals surface area (Å²) in [5.74, 6) is -1.82. The van der Waals surface area contributed by atoms with Gasteiger partial charge in [-0.05, 0) is 59.1 Å². The summed E-state index contributed by atoms with van der Waals surface area (Å²) in [6.45, 7) is 7.67. The molecule has 1 aromatic rings. The molecule has 5 atom stereocenters. The first-order valence-electron chi connectivity index (χ1n) is 11.7. The number of methoxy groups -OCH3 is 1. The fourth-order valence-electron chi connectivity index (χ4n) is 4.69. The van der Waals surface area contributed by atoms with Gasteiger partial charge < -0.3 is 19.7 Å². The van der Waals surface area contributed by atoms with Crippen LogP contribution in [0.5, 0.6) is 0 Å². The summed E-state index contributed by atoms with van der Waals surface area (Å²) in [6.07, 6.45) is 2.58. The number of amides is 2. The van der Waals surface area contributed by atoms with Crippen molar-refractivity contribution >= 4 is 33.3 Å². The second kappa shape index (κ2) is 10.2. The predicted octanol–water partition coefficient (Wildman–Crippen LogP) is 2.35. The lowest BCUT2D eigenvalue weighted by molar-refractivity contribution is -0.174. The van der Waals surface area contributed by atoms with Crippen LogP contribution < -0.4 is 5.32 Å². The number of hydrogen-bond donors (Lipinski definition) is 3. The molecule has 9 nitrogen and oxygen atoms in total. The van der Waals surface area contributed by atoms with Gasteiger partial charge in [-0.15, -0.1) is 11.6 Å². The number of carbonyl (C=O) groups is 2. The monoisotopic (exact) mass is 543 g/mol. The van der Waals surface area contributed by atoms with E-state index >= 15 is 0 Å². The van der Waals surface area contributed by atoms with Crippen molar-refractivity contribution in [2.24, 2.45) is 0 Å². The van der Waals surface area contributed by atoms with Gasteiger partial charge in [0, 0.05) is 19.1 Å². The molecule has 2 aliphatic heterocycles. The van der Waals surface area contributed by atoms with Gasteiger partial charge in [-0.25, -0.2) is 8.42 Å². The van der Waals surface area contributed by atoms with E-state index in [0.29, 0.717) is 9.79 Å². The predicted molar refractivity (Wildman–Crippen MR) is 132 cm³/mol. The molecular weight excluding hydrogens is 510 g/mol. The van der Waals surface area contributed by atoms with E-state index in [2.05, 4.69) is 19.9 Å². The van der Waals surface area contributed by atoms with Crippen molar-refractivity contribution < 1.29 is 37.7 Å². The Morgan fingerprint density at radius 1 is 1.22 bits per heavy atom. The molecule has 36 heavy (non-hydrogen) atoms. The largest absolute Gasteiger partial charge is 0.387 e. The number of halogens is 1. The molecule has 2 heterocycles. The Balaban J connectivity index is 0.000000201. The first-order chi connectivity index (χ1) is 16.6. The average molecular weight is 544 g/mol. The molecule has 200 valence electrons. The summed E-state index contributed by atoms with van der Waals surface area (Å²) in [5.41, 5.74) is -1.10. The maximum Gasteiger partial charge on any atom is 0.258 e. The molecule has 0 radical (unpaired) electrons. The molecule has 2 fully saturated rings.